The second-order valence-corrected chi connectivity index (χ2v) is 7.94. The average molecular weight is 468 g/mol. The van der Waals surface area contributed by atoms with Crippen LogP contribution in [0.5, 0.6) is 11.8 Å². The van der Waals surface area contributed by atoms with Crippen LogP contribution in [-0.2, 0) is 15.0 Å². The van der Waals surface area contributed by atoms with Crippen molar-refractivity contribution in [2.75, 3.05) is 33.6 Å². The number of hydrogen-bond donors (Lipinski definition) is 4. The topological polar surface area (TPSA) is 164 Å². The summed E-state index contributed by atoms with van der Waals surface area (Å²) < 4.78 is 36.3. The molecule has 0 fully saturated rings. The predicted molar refractivity (Wildman–Crippen MR) is 116 cm³/mol. The lowest BCUT2D eigenvalue weighted by Gasteiger charge is -2.21. The second kappa shape index (κ2) is 10.6. The van der Waals surface area contributed by atoms with Gasteiger partial charge >= 0.3 is 16.2 Å². The highest BCUT2D eigenvalue weighted by atomic mass is 32.2. The van der Waals surface area contributed by atoms with Crippen LogP contribution in [0.2, 0.25) is 0 Å². The van der Waals surface area contributed by atoms with E-state index in [0.717, 1.165) is 5.57 Å². The number of allylic oxidation sites excluding steroid dienone is 3. The Balaban J connectivity index is 2.10. The molecule has 0 unspecified atom stereocenters. The van der Waals surface area contributed by atoms with Gasteiger partial charge in [0.1, 0.15) is 0 Å². The van der Waals surface area contributed by atoms with Crippen LogP contribution >= 0.6 is 0 Å². The molecule has 13 nitrogen and oxygen atoms in total. The number of likely N-dealkylation sites (N-methyl/N-ethyl adjacent to an activating group) is 1. The number of rotatable bonds is 8. The smallest absolute Gasteiger partial charge is 0.336 e. The molecule has 1 heterocycles. The van der Waals surface area contributed by atoms with Gasteiger partial charge in [0.15, 0.2) is 0 Å². The molecule has 3 amide bonds. The molecule has 174 valence electrons. The monoisotopic (exact) mass is 467 g/mol. The lowest BCUT2D eigenvalue weighted by atomic mass is 9.98. The lowest BCUT2D eigenvalue weighted by molar-refractivity contribution is -0.124. The van der Waals surface area contributed by atoms with Crippen molar-refractivity contribution in [1.29, 1.82) is 0 Å². The maximum Gasteiger partial charge on any atom is 0.336 e. The van der Waals surface area contributed by atoms with E-state index in [1.54, 1.807) is 31.0 Å². The van der Waals surface area contributed by atoms with E-state index in [2.05, 4.69) is 20.7 Å². The standard InChI is InChI=1S/C18H25N7O6S/c1-6-11-7-8-12(16(26)25(2)3)13(9-11)22-24-32(28,29)23-18(27)21-17-19-14(30-4)10-15(20-17)31-5/h6-8,10,22,24H,9H2,1-5H3,(H2,19,20,21,23,27). The number of nitrogens with zero attached hydrogens (tertiary/aromatic N) is 3. The number of hydrogen-bond acceptors (Lipinski definition) is 9. The number of carbonyl (C=O) groups excluding carboxylic acids is 2. The van der Waals surface area contributed by atoms with Crippen LogP contribution in [0.25, 0.3) is 0 Å². The first kappa shape index (κ1) is 24.6. The van der Waals surface area contributed by atoms with Crippen LogP contribution in [-0.4, -0.2) is 63.5 Å². The number of anilines is 1. The van der Waals surface area contributed by atoms with Crippen LogP contribution in [0.15, 0.2) is 41.1 Å². The van der Waals surface area contributed by atoms with Crippen molar-refractivity contribution in [2.24, 2.45) is 0 Å². The van der Waals surface area contributed by atoms with Crippen LogP contribution in [0, 0.1) is 0 Å². The molecular formula is C18H25N7O6S. The quantitative estimate of drug-likeness (QED) is 0.391. The molecule has 0 spiro atoms. The normalized spacial score (nSPS) is 14.7. The highest BCUT2D eigenvalue weighted by Crippen LogP contribution is 2.22. The van der Waals surface area contributed by atoms with Gasteiger partial charge in [-0.1, -0.05) is 12.2 Å². The predicted octanol–water partition coefficient (Wildman–Crippen LogP) is 0.203. The molecule has 2 rings (SSSR count). The molecule has 0 saturated carbocycles. The Hall–Kier alpha value is -3.65. The number of hydrazine groups is 1. The zero-order chi connectivity index (χ0) is 23.9. The molecule has 0 bridgehead atoms. The molecule has 0 aromatic carbocycles. The van der Waals surface area contributed by atoms with E-state index in [4.69, 9.17) is 9.47 Å². The SMILES string of the molecule is CC=C1C=CC(C(=O)N(C)C)=C(NNS(=O)(=O)NC(=O)Nc2nc(OC)cc(OC)n2)C1. The summed E-state index contributed by atoms with van der Waals surface area (Å²) >= 11 is 0. The first-order valence-electron chi connectivity index (χ1n) is 9.20. The fourth-order valence-corrected chi connectivity index (χ4v) is 3.08. The van der Waals surface area contributed by atoms with E-state index < -0.39 is 16.2 Å². The minimum Gasteiger partial charge on any atom is -0.481 e. The second-order valence-electron chi connectivity index (χ2n) is 6.53. The van der Waals surface area contributed by atoms with Gasteiger partial charge in [0.25, 0.3) is 5.91 Å². The van der Waals surface area contributed by atoms with Crippen LogP contribution in [0.3, 0.4) is 0 Å². The van der Waals surface area contributed by atoms with Crippen LogP contribution in [0.4, 0.5) is 10.7 Å². The molecule has 1 aromatic rings. The van der Waals surface area contributed by atoms with E-state index in [9.17, 15) is 18.0 Å². The third kappa shape index (κ3) is 6.68. The molecule has 0 aliphatic heterocycles. The Morgan fingerprint density at radius 2 is 1.75 bits per heavy atom. The minimum absolute atomic E-state index is 0.102. The summed E-state index contributed by atoms with van der Waals surface area (Å²) in [6, 6.07) is 0.245. The highest BCUT2D eigenvalue weighted by molar-refractivity contribution is 7.88. The van der Waals surface area contributed by atoms with Crippen molar-refractivity contribution in [2.45, 2.75) is 13.3 Å². The minimum atomic E-state index is -4.37. The molecule has 1 aliphatic rings. The molecule has 4 N–H and O–H groups in total. The number of methoxy groups -OCH3 is 2. The highest BCUT2D eigenvalue weighted by Gasteiger charge is 2.21. The number of carbonyl (C=O) groups is 2. The average Bonchev–Trinajstić information content (AvgIpc) is 2.76. The molecule has 1 aliphatic carbocycles. The first-order chi connectivity index (χ1) is 15.1. The number of nitrogens with one attached hydrogen (secondary N) is 4. The maximum atomic E-state index is 12.4. The van der Waals surface area contributed by atoms with Crippen molar-refractivity contribution in [1.82, 2.24) is 29.8 Å². The van der Waals surface area contributed by atoms with Crippen molar-refractivity contribution >= 4 is 28.1 Å². The number of urea groups is 1. The van der Waals surface area contributed by atoms with Gasteiger partial charge in [-0.3, -0.25) is 10.1 Å². The molecule has 0 radical (unpaired) electrons. The number of ether oxygens (including phenoxy) is 2. The first-order valence-corrected chi connectivity index (χ1v) is 10.7. The van der Waals surface area contributed by atoms with Crippen LogP contribution < -0.4 is 29.8 Å². The number of aromatic nitrogens is 2. The maximum absolute atomic E-state index is 12.4. The van der Waals surface area contributed by atoms with Gasteiger partial charge in [-0.2, -0.15) is 18.4 Å². The largest absolute Gasteiger partial charge is 0.481 e. The summed E-state index contributed by atoms with van der Waals surface area (Å²) in [4.78, 5) is 35.6. The Kier molecular flexibility index (Phi) is 8.15. The lowest BCUT2D eigenvalue weighted by Crippen LogP contribution is -2.48. The van der Waals surface area contributed by atoms with Gasteiger partial charge in [-0.25, -0.2) is 9.52 Å². The summed E-state index contributed by atoms with van der Waals surface area (Å²) in [7, 11) is 1.51. The van der Waals surface area contributed by atoms with Gasteiger partial charge in [-0.05, 0) is 18.6 Å². The van der Waals surface area contributed by atoms with Gasteiger partial charge < -0.3 is 19.8 Å². The van der Waals surface area contributed by atoms with Gasteiger partial charge in [0.2, 0.25) is 17.7 Å². The van der Waals surface area contributed by atoms with Crippen molar-refractivity contribution in [3.05, 3.63) is 41.1 Å². The van der Waals surface area contributed by atoms with Crippen LogP contribution in [0.1, 0.15) is 13.3 Å². The Morgan fingerprint density at radius 3 is 2.28 bits per heavy atom. The summed E-state index contributed by atoms with van der Waals surface area (Å²) in [6.45, 7) is 1.82. The Bertz CT molecular complexity index is 1060. The summed E-state index contributed by atoms with van der Waals surface area (Å²) in [5.74, 6) is -0.346. The van der Waals surface area contributed by atoms with E-state index in [-0.39, 0.29) is 35.6 Å². The van der Waals surface area contributed by atoms with Gasteiger partial charge in [0.05, 0.1) is 25.9 Å². The Morgan fingerprint density at radius 1 is 1.12 bits per heavy atom. The summed E-state index contributed by atoms with van der Waals surface area (Å²) in [6.07, 6.45) is 5.47. The number of amides is 3. The third-order valence-corrected chi connectivity index (χ3v) is 4.89. The molecule has 32 heavy (non-hydrogen) atoms. The Labute approximate surface area is 185 Å². The fraction of sp³-hybridized carbons (Fsp3) is 0.333. The molecule has 14 heteroatoms. The van der Waals surface area contributed by atoms with E-state index in [0.29, 0.717) is 5.70 Å². The summed E-state index contributed by atoms with van der Waals surface area (Å²) in [5, 5.41) is 2.17. The summed E-state index contributed by atoms with van der Waals surface area (Å²) in [5.41, 5.74) is 3.99. The van der Waals surface area contributed by atoms with E-state index in [1.807, 2.05) is 17.8 Å². The fourth-order valence-electron chi connectivity index (χ4n) is 2.47. The van der Waals surface area contributed by atoms with Gasteiger partial charge in [-0.15, -0.1) is 4.83 Å². The van der Waals surface area contributed by atoms with E-state index in [1.165, 1.54) is 25.2 Å². The molecule has 1 aromatic heterocycles. The molecule has 0 saturated heterocycles. The molecule has 0 atom stereocenters. The van der Waals surface area contributed by atoms with Crippen molar-refractivity contribution in [3.8, 4) is 11.8 Å². The van der Waals surface area contributed by atoms with Crippen molar-refractivity contribution in [3.63, 3.8) is 0 Å². The zero-order valence-corrected chi connectivity index (χ0v) is 19.0. The zero-order valence-electron chi connectivity index (χ0n) is 18.2. The third-order valence-electron chi connectivity index (χ3n) is 4.06. The molecular weight excluding hydrogens is 442 g/mol. The van der Waals surface area contributed by atoms with Gasteiger partial charge in [0, 0.05) is 26.2 Å². The van der Waals surface area contributed by atoms with Crippen molar-refractivity contribution < 1.29 is 27.5 Å². The van der Waals surface area contributed by atoms with E-state index >= 15 is 0 Å².